The molecular weight excluding hydrogens is 224 g/mol. The minimum absolute atomic E-state index is 0. The van der Waals surface area contributed by atoms with E-state index in [2.05, 4.69) is 0 Å². The molecule has 0 fully saturated rings. The molecule has 0 saturated heterocycles. The van der Waals surface area contributed by atoms with Gasteiger partial charge in [0.25, 0.3) is 0 Å². The van der Waals surface area contributed by atoms with Crippen LogP contribution in [0.15, 0.2) is 0 Å². The summed E-state index contributed by atoms with van der Waals surface area (Å²) >= 11 is 0. The predicted octanol–water partition coefficient (Wildman–Crippen LogP) is -6.52. The van der Waals surface area contributed by atoms with E-state index < -0.39 is 0 Å². The largest absolute Gasteiger partial charge is 2.00 e. The second kappa shape index (κ2) is 89.6. The number of nitrogens with zero attached hydrogens (tertiary/aromatic N) is 3. The molecule has 1 radical (unpaired) electrons. The van der Waals surface area contributed by atoms with Crippen LogP contribution in [-0.4, -0.2) is 0 Å². The van der Waals surface area contributed by atoms with Crippen LogP contribution in [0.3, 0.4) is 0 Å². The Balaban J connectivity index is -0.0000000150. The van der Waals surface area contributed by atoms with Crippen molar-refractivity contribution in [3.05, 3.63) is 0 Å². The van der Waals surface area contributed by atoms with E-state index in [1.165, 1.54) is 0 Å². The molecule has 0 aliphatic heterocycles. The van der Waals surface area contributed by atoms with E-state index in [4.69, 9.17) is 31.1 Å². The molecule has 0 spiro atoms. The maximum atomic E-state index is 8.24. The van der Waals surface area contributed by atoms with Crippen molar-refractivity contribution in [1.29, 1.82) is 15.8 Å². The molecule has 0 unspecified atom stereocenters. The smallest absolute Gasteiger partial charge is 0.812 e. The van der Waals surface area contributed by atoms with Crippen molar-refractivity contribution in [2.45, 2.75) is 0 Å². The molecule has 0 saturated carbocycles. The standard InChI is InChI=1S/3CHNO.Co.K/c3*2-1-3;;/h3*3H;;/q;;;+2;+1/p-3. The number of hydrogen-bond acceptors (Lipinski definition) is 6. The summed E-state index contributed by atoms with van der Waals surface area (Å²) in [5, 5.41) is 45.0. The Kier molecular flexibility index (Phi) is 249. The zero-order chi connectivity index (χ0) is 8.12. The third-order valence-corrected chi connectivity index (χ3v) is 0. The predicted molar refractivity (Wildman–Crippen MR) is 16.8 cm³/mol. The minimum Gasteiger partial charge on any atom is -0.812 e. The van der Waals surface area contributed by atoms with E-state index in [1.54, 1.807) is 0 Å². The van der Waals surface area contributed by atoms with Gasteiger partial charge in [-0.15, -0.1) is 0 Å². The summed E-state index contributed by atoms with van der Waals surface area (Å²) < 4.78 is 0. The molecular formula is C3CoKN3O3. The second-order valence-electron chi connectivity index (χ2n) is 0.274. The van der Waals surface area contributed by atoms with Crippen molar-refractivity contribution in [1.82, 2.24) is 0 Å². The number of nitriles is 3. The van der Waals surface area contributed by atoms with E-state index in [0.717, 1.165) is 0 Å². The van der Waals surface area contributed by atoms with Gasteiger partial charge in [-0.3, -0.25) is 0 Å². The van der Waals surface area contributed by atoms with Gasteiger partial charge in [-0.1, -0.05) is 0 Å². The van der Waals surface area contributed by atoms with Gasteiger partial charge in [-0.2, -0.15) is 0 Å². The molecule has 0 amide bonds. The van der Waals surface area contributed by atoms with Gasteiger partial charge in [0, 0.05) is 18.8 Å². The normalized spacial score (nSPS) is 1.91. The Hall–Kier alpha value is 0.0129. The molecule has 8 heteroatoms. The molecule has 0 rings (SSSR count). The summed E-state index contributed by atoms with van der Waals surface area (Å²) in [6.45, 7) is 0. The number of hydrogen-bond donors (Lipinski definition) is 0. The average Bonchev–Trinajstić information content (AvgIpc) is 1.70. The Morgan fingerprint density at radius 2 is 0.727 bits per heavy atom. The van der Waals surface area contributed by atoms with E-state index >= 15 is 0 Å². The van der Waals surface area contributed by atoms with Crippen LogP contribution in [0.2, 0.25) is 0 Å². The van der Waals surface area contributed by atoms with Gasteiger partial charge in [0.05, 0.1) is 0 Å². The maximum absolute atomic E-state index is 8.24. The van der Waals surface area contributed by atoms with Gasteiger partial charge in [-0.05, 0) is 0 Å². The van der Waals surface area contributed by atoms with E-state index in [9.17, 15) is 0 Å². The maximum Gasteiger partial charge on any atom is 2.00 e. The fraction of sp³-hybridized carbons (Fsp3) is 0. The fourth-order valence-electron chi connectivity index (χ4n) is 0. The molecule has 0 atom stereocenters. The van der Waals surface area contributed by atoms with Crippen molar-refractivity contribution in [2.24, 2.45) is 0 Å². The van der Waals surface area contributed by atoms with Gasteiger partial charge in [0.1, 0.15) is 0 Å². The summed E-state index contributed by atoms with van der Waals surface area (Å²) in [5.74, 6) is 0. The molecule has 0 aromatic heterocycles. The average molecular weight is 224 g/mol. The Morgan fingerprint density at radius 3 is 0.727 bits per heavy atom. The molecule has 11 heavy (non-hydrogen) atoms. The second-order valence-corrected chi connectivity index (χ2v) is 0.274. The van der Waals surface area contributed by atoms with Crippen LogP contribution < -0.4 is 66.7 Å². The SMILES string of the molecule is N#C[O-].N#C[O-].N#C[O-].[Co+2].[K+]. The first-order chi connectivity index (χ1) is 4.24. The van der Waals surface area contributed by atoms with Gasteiger partial charge in [0.15, 0.2) is 0 Å². The third-order valence-electron chi connectivity index (χ3n) is 0. The molecule has 55 valence electrons. The first-order valence-electron chi connectivity index (χ1n) is 1.28. The summed E-state index contributed by atoms with van der Waals surface area (Å²) in [6.07, 6.45) is 1.50. The van der Waals surface area contributed by atoms with Gasteiger partial charge in [0.2, 0.25) is 0 Å². The Labute approximate surface area is 116 Å². The van der Waals surface area contributed by atoms with Crippen LogP contribution in [0.25, 0.3) is 0 Å². The van der Waals surface area contributed by atoms with Crippen LogP contribution in [0, 0.1) is 34.6 Å². The molecule has 0 aromatic rings. The Bertz CT molecular complexity index is 117. The monoisotopic (exact) mass is 224 g/mol. The molecule has 0 aromatic carbocycles. The van der Waals surface area contributed by atoms with Crippen molar-refractivity contribution in [3.63, 3.8) is 0 Å². The molecule has 0 aliphatic carbocycles. The van der Waals surface area contributed by atoms with E-state index in [0.29, 0.717) is 18.8 Å². The Morgan fingerprint density at radius 1 is 0.727 bits per heavy atom. The van der Waals surface area contributed by atoms with Crippen LogP contribution in [0.5, 0.6) is 0 Å². The summed E-state index contributed by atoms with van der Waals surface area (Å²) in [4.78, 5) is 0. The summed E-state index contributed by atoms with van der Waals surface area (Å²) in [6, 6.07) is 0. The van der Waals surface area contributed by atoms with Crippen molar-refractivity contribution in [3.8, 4) is 18.8 Å². The van der Waals surface area contributed by atoms with Crippen molar-refractivity contribution >= 4 is 0 Å². The van der Waals surface area contributed by atoms with Gasteiger partial charge in [-0.25, -0.2) is 15.8 Å². The molecule has 0 heterocycles. The number of rotatable bonds is 0. The first kappa shape index (κ1) is 30.5. The minimum atomic E-state index is 0. The molecule has 6 nitrogen and oxygen atoms in total. The van der Waals surface area contributed by atoms with E-state index in [-0.39, 0.29) is 68.2 Å². The molecule has 0 N–H and O–H groups in total. The fourth-order valence-corrected chi connectivity index (χ4v) is 0. The van der Waals surface area contributed by atoms with Gasteiger partial charge >= 0.3 is 68.2 Å². The van der Waals surface area contributed by atoms with Crippen LogP contribution in [0.4, 0.5) is 0 Å². The third kappa shape index (κ3) is 3890000. The zero-order valence-corrected chi connectivity index (χ0v) is 9.56. The molecule has 0 bridgehead atoms. The van der Waals surface area contributed by atoms with Gasteiger partial charge < -0.3 is 15.3 Å². The van der Waals surface area contributed by atoms with E-state index in [1.807, 2.05) is 0 Å². The summed E-state index contributed by atoms with van der Waals surface area (Å²) in [5.41, 5.74) is 0. The zero-order valence-electron chi connectivity index (χ0n) is 5.40. The first-order valence-corrected chi connectivity index (χ1v) is 1.28. The van der Waals surface area contributed by atoms with Crippen LogP contribution in [0.1, 0.15) is 0 Å². The quantitative estimate of drug-likeness (QED) is 0.296. The van der Waals surface area contributed by atoms with Crippen molar-refractivity contribution in [2.75, 3.05) is 0 Å². The van der Waals surface area contributed by atoms with Crippen LogP contribution in [-0.2, 0) is 16.8 Å². The van der Waals surface area contributed by atoms with Crippen LogP contribution >= 0.6 is 0 Å². The van der Waals surface area contributed by atoms with Crippen molar-refractivity contribution < 1.29 is 83.5 Å². The summed E-state index contributed by atoms with van der Waals surface area (Å²) in [7, 11) is 0. The topological polar surface area (TPSA) is 141 Å². The molecule has 0 aliphatic rings.